The second kappa shape index (κ2) is 5.75. The second-order valence-corrected chi connectivity index (χ2v) is 6.31. The van der Waals surface area contributed by atoms with Crippen LogP contribution in [-0.2, 0) is 12.0 Å². The van der Waals surface area contributed by atoms with Gasteiger partial charge in [0.05, 0.1) is 0 Å². The third-order valence-electron chi connectivity index (χ3n) is 3.36. The predicted molar refractivity (Wildman–Crippen MR) is 84.8 cm³/mol. The molecule has 3 heterocycles. The summed E-state index contributed by atoms with van der Waals surface area (Å²) in [6.07, 6.45) is 4.75. The molecule has 0 aliphatic rings. The van der Waals surface area contributed by atoms with Crippen molar-refractivity contribution in [2.45, 2.75) is 39.2 Å². The van der Waals surface area contributed by atoms with E-state index in [4.69, 9.17) is 0 Å². The quantitative estimate of drug-likeness (QED) is 0.731. The summed E-state index contributed by atoms with van der Waals surface area (Å²) in [4.78, 5) is 0. The standard InChI is InChI=1S/C15H21N7/c1-15(2,3)14-19-18-13-7-6-12(20-22(13)14)16-8-4-10-21-11-5-9-17-21/h5-7,9,11H,4,8,10H2,1-3H3,(H,16,20). The van der Waals surface area contributed by atoms with Crippen molar-refractivity contribution in [1.82, 2.24) is 29.6 Å². The van der Waals surface area contributed by atoms with Gasteiger partial charge in [0.1, 0.15) is 5.82 Å². The monoisotopic (exact) mass is 299 g/mol. The summed E-state index contributed by atoms with van der Waals surface area (Å²) in [7, 11) is 0. The molecule has 7 heteroatoms. The van der Waals surface area contributed by atoms with Gasteiger partial charge in [-0.15, -0.1) is 15.3 Å². The minimum Gasteiger partial charge on any atom is -0.369 e. The number of aromatic nitrogens is 6. The van der Waals surface area contributed by atoms with E-state index in [1.54, 1.807) is 6.20 Å². The van der Waals surface area contributed by atoms with Crippen LogP contribution in [0.3, 0.4) is 0 Å². The molecule has 0 aliphatic heterocycles. The highest BCUT2D eigenvalue weighted by Crippen LogP contribution is 2.20. The maximum atomic E-state index is 4.59. The van der Waals surface area contributed by atoms with Crippen molar-refractivity contribution in [3.63, 3.8) is 0 Å². The van der Waals surface area contributed by atoms with Gasteiger partial charge in [0.15, 0.2) is 11.5 Å². The summed E-state index contributed by atoms with van der Waals surface area (Å²) in [5, 5.41) is 20.5. The van der Waals surface area contributed by atoms with Crippen LogP contribution in [-0.4, -0.2) is 36.1 Å². The summed E-state index contributed by atoms with van der Waals surface area (Å²) in [5.41, 5.74) is 0.678. The Bertz CT molecular complexity index is 737. The van der Waals surface area contributed by atoms with E-state index in [9.17, 15) is 0 Å². The SMILES string of the molecule is CC(C)(C)c1nnc2ccc(NCCCn3cccn3)nn12. The molecule has 116 valence electrons. The zero-order valence-corrected chi connectivity index (χ0v) is 13.2. The number of fused-ring (bicyclic) bond motifs is 1. The smallest absolute Gasteiger partial charge is 0.178 e. The Kier molecular flexibility index (Phi) is 3.79. The zero-order valence-electron chi connectivity index (χ0n) is 13.2. The topological polar surface area (TPSA) is 72.9 Å². The van der Waals surface area contributed by atoms with Gasteiger partial charge in [0, 0.05) is 30.9 Å². The summed E-state index contributed by atoms with van der Waals surface area (Å²) in [6.45, 7) is 8.05. The molecule has 0 saturated carbocycles. The summed E-state index contributed by atoms with van der Waals surface area (Å²) < 4.78 is 3.74. The van der Waals surface area contributed by atoms with Crippen molar-refractivity contribution in [2.24, 2.45) is 0 Å². The van der Waals surface area contributed by atoms with Crippen molar-refractivity contribution in [2.75, 3.05) is 11.9 Å². The average Bonchev–Trinajstić information content (AvgIpc) is 3.11. The highest BCUT2D eigenvalue weighted by Gasteiger charge is 2.21. The fourth-order valence-corrected chi connectivity index (χ4v) is 2.24. The maximum absolute atomic E-state index is 4.59. The number of anilines is 1. The molecule has 0 saturated heterocycles. The first-order valence-corrected chi connectivity index (χ1v) is 7.48. The van der Waals surface area contributed by atoms with Gasteiger partial charge in [-0.3, -0.25) is 4.68 Å². The number of nitrogens with one attached hydrogen (secondary N) is 1. The van der Waals surface area contributed by atoms with E-state index < -0.39 is 0 Å². The van der Waals surface area contributed by atoms with Crippen molar-refractivity contribution in [3.05, 3.63) is 36.4 Å². The summed E-state index contributed by atoms with van der Waals surface area (Å²) >= 11 is 0. The first-order valence-electron chi connectivity index (χ1n) is 7.48. The Morgan fingerprint density at radius 1 is 1.18 bits per heavy atom. The molecule has 3 aromatic heterocycles. The Labute approximate surface area is 129 Å². The van der Waals surface area contributed by atoms with Crippen LogP contribution in [0.15, 0.2) is 30.6 Å². The lowest BCUT2D eigenvalue weighted by atomic mass is 9.96. The van der Waals surface area contributed by atoms with E-state index in [-0.39, 0.29) is 5.41 Å². The lowest BCUT2D eigenvalue weighted by molar-refractivity contribution is 0.527. The Hall–Kier alpha value is -2.44. The Morgan fingerprint density at radius 3 is 2.77 bits per heavy atom. The molecule has 0 aliphatic carbocycles. The molecule has 1 N–H and O–H groups in total. The van der Waals surface area contributed by atoms with Crippen LogP contribution < -0.4 is 5.32 Å². The van der Waals surface area contributed by atoms with Crippen LogP contribution in [0.5, 0.6) is 0 Å². The third kappa shape index (κ3) is 3.08. The number of rotatable bonds is 5. The van der Waals surface area contributed by atoms with Gasteiger partial charge < -0.3 is 5.32 Å². The van der Waals surface area contributed by atoms with Crippen LogP contribution in [0, 0.1) is 0 Å². The van der Waals surface area contributed by atoms with Gasteiger partial charge in [-0.05, 0) is 24.6 Å². The van der Waals surface area contributed by atoms with Crippen molar-refractivity contribution in [1.29, 1.82) is 0 Å². The zero-order chi connectivity index (χ0) is 15.6. The molecule has 0 atom stereocenters. The van der Waals surface area contributed by atoms with Gasteiger partial charge in [0.25, 0.3) is 0 Å². The van der Waals surface area contributed by atoms with E-state index >= 15 is 0 Å². The first-order chi connectivity index (χ1) is 10.5. The van der Waals surface area contributed by atoms with Crippen molar-refractivity contribution in [3.8, 4) is 0 Å². The van der Waals surface area contributed by atoms with E-state index in [0.717, 1.165) is 36.8 Å². The van der Waals surface area contributed by atoms with Gasteiger partial charge in [-0.1, -0.05) is 20.8 Å². The fourth-order valence-electron chi connectivity index (χ4n) is 2.24. The molecule has 7 nitrogen and oxygen atoms in total. The molecule has 0 spiro atoms. The van der Waals surface area contributed by atoms with Crippen molar-refractivity contribution < 1.29 is 0 Å². The minimum atomic E-state index is -0.0921. The molecular formula is C15H21N7. The lowest BCUT2D eigenvalue weighted by Crippen LogP contribution is -2.18. The van der Waals surface area contributed by atoms with Crippen LogP contribution in [0.25, 0.3) is 5.65 Å². The minimum absolute atomic E-state index is 0.0921. The Balaban J connectivity index is 1.66. The summed E-state index contributed by atoms with van der Waals surface area (Å²) in [6, 6.07) is 5.80. The highest BCUT2D eigenvalue weighted by atomic mass is 15.4. The molecule has 0 aromatic carbocycles. The van der Waals surface area contributed by atoms with E-state index in [0.29, 0.717) is 0 Å². The van der Waals surface area contributed by atoms with Crippen LogP contribution >= 0.6 is 0 Å². The third-order valence-corrected chi connectivity index (χ3v) is 3.36. The van der Waals surface area contributed by atoms with Gasteiger partial charge in [0.2, 0.25) is 0 Å². The molecular weight excluding hydrogens is 278 g/mol. The number of hydrogen-bond donors (Lipinski definition) is 1. The summed E-state index contributed by atoms with van der Waals surface area (Å²) in [5.74, 6) is 1.70. The molecule has 0 fully saturated rings. The fraction of sp³-hybridized carbons (Fsp3) is 0.467. The van der Waals surface area contributed by atoms with Crippen LogP contribution in [0.2, 0.25) is 0 Å². The van der Waals surface area contributed by atoms with E-state index in [1.165, 1.54) is 0 Å². The molecule has 3 aromatic rings. The first kappa shape index (κ1) is 14.5. The van der Waals surface area contributed by atoms with E-state index in [2.05, 4.69) is 46.5 Å². The highest BCUT2D eigenvalue weighted by molar-refractivity contribution is 5.44. The van der Waals surface area contributed by atoms with Crippen LogP contribution in [0.1, 0.15) is 33.0 Å². The molecule has 0 unspecified atom stereocenters. The number of hydrogen-bond acceptors (Lipinski definition) is 5. The molecule has 0 radical (unpaired) electrons. The van der Waals surface area contributed by atoms with Gasteiger partial charge >= 0.3 is 0 Å². The van der Waals surface area contributed by atoms with Crippen molar-refractivity contribution >= 4 is 11.5 Å². The van der Waals surface area contributed by atoms with Gasteiger partial charge in [-0.2, -0.15) is 9.61 Å². The van der Waals surface area contributed by atoms with Gasteiger partial charge in [-0.25, -0.2) is 0 Å². The number of nitrogens with zero attached hydrogens (tertiary/aromatic N) is 6. The predicted octanol–water partition coefficient (Wildman–Crippen LogP) is 2.12. The molecule has 22 heavy (non-hydrogen) atoms. The average molecular weight is 299 g/mol. The largest absolute Gasteiger partial charge is 0.369 e. The Morgan fingerprint density at radius 2 is 2.05 bits per heavy atom. The molecule has 0 amide bonds. The van der Waals surface area contributed by atoms with Crippen LogP contribution in [0.4, 0.5) is 5.82 Å². The number of aryl methyl sites for hydroxylation is 1. The second-order valence-electron chi connectivity index (χ2n) is 6.31. The normalized spacial score (nSPS) is 12.0. The lowest BCUT2D eigenvalue weighted by Gasteiger charge is -2.15. The molecule has 0 bridgehead atoms. The van der Waals surface area contributed by atoms with E-state index in [1.807, 2.05) is 33.6 Å². The maximum Gasteiger partial charge on any atom is 0.178 e. The molecule has 3 rings (SSSR count).